The molecule has 0 aliphatic heterocycles. The summed E-state index contributed by atoms with van der Waals surface area (Å²) in [6.07, 6.45) is 3.57. The lowest BCUT2D eigenvalue weighted by Crippen LogP contribution is -2.26. The van der Waals surface area contributed by atoms with Crippen LogP contribution in [0.3, 0.4) is 0 Å². The van der Waals surface area contributed by atoms with Crippen molar-refractivity contribution in [2.75, 3.05) is 11.1 Å². The molecule has 1 aliphatic rings. The standard InChI is InChI=1S/C8H12N4OS/c9-6-5(7(10)13)14-8(12-6)11-4-2-1-3-4/h4H,1-3,9H2,(H2,10,13)(H,11,12). The number of thiazole rings is 1. The largest absolute Gasteiger partial charge is 0.382 e. The van der Waals surface area contributed by atoms with E-state index >= 15 is 0 Å². The van der Waals surface area contributed by atoms with E-state index in [-0.39, 0.29) is 5.82 Å². The Morgan fingerprint density at radius 2 is 2.29 bits per heavy atom. The van der Waals surface area contributed by atoms with E-state index in [9.17, 15) is 4.79 Å². The van der Waals surface area contributed by atoms with Crippen molar-refractivity contribution in [1.29, 1.82) is 0 Å². The van der Waals surface area contributed by atoms with Gasteiger partial charge in [-0.2, -0.15) is 0 Å². The highest BCUT2D eigenvalue weighted by atomic mass is 32.1. The van der Waals surface area contributed by atoms with Crippen molar-refractivity contribution >= 4 is 28.2 Å². The number of primary amides is 1. The van der Waals surface area contributed by atoms with Crippen molar-refractivity contribution in [3.63, 3.8) is 0 Å². The summed E-state index contributed by atoms with van der Waals surface area (Å²) in [5, 5.41) is 3.91. The molecular weight excluding hydrogens is 200 g/mol. The lowest BCUT2D eigenvalue weighted by Gasteiger charge is -2.25. The maximum atomic E-state index is 10.9. The van der Waals surface area contributed by atoms with E-state index in [1.165, 1.54) is 17.8 Å². The molecular formula is C8H12N4OS. The molecule has 0 radical (unpaired) electrons. The average Bonchev–Trinajstić information content (AvgIpc) is 2.39. The molecule has 76 valence electrons. The fourth-order valence-corrected chi connectivity index (χ4v) is 2.11. The van der Waals surface area contributed by atoms with Gasteiger partial charge in [-0.3, -0.25) is 4.79 Å². The topological polar surface area (TPSA) is 94.0 Å². The zero-order chi connectivity index (χ0) is 10.1. The van der Waals surface area contributed by atoms with Crippen LogP contribution < -0.4 is 16.8 Å². The number of nitrogen functional groups attached to an aromatic ring is 1. The second kappa shape index (κ2) is 3.45. The minimum Gasteiger partial charge on any atom is -0.382 e. The SMILES string of the molecule is NC(=O)c1sc(NC2CCC2)nc1N. The van der Waals surface area contributed by atoms with E-state index in [1.54, 1.807) is 0 Å². The molecule has 0 unspecified atom stereocenters. The van der Waals surface area contributed by atoms with Crippen molar-refractivity contribution in [3.05, 3.63) is 4.88 Å². The molecule has 1 aromatic heterocycles. The first-order chi connectivity index (χ1) is 6.66. The van der Waals surface area contributed by atoms with Crippen molar-refractivity contribution in [1.82, 2.24) is 4.98 Å². The average molecular weight is 212 g/mol. The highest BCUT2D eigenvalue weighted by molar-refractivity contribution is 7.18. The van der Waals surface area contributed by atoms with Crippen molar-refractivity contribution in [3.8, 4) is 0 Å². The van der Waals surface area contributed by atoms with E-state index in [2.05, 4.69) is 10.3 Å². The summed E-state index contributed by atoms with van der Waals surface area (Å²) in [5.74, 6) is -0.286. The summed E-state index contributed by atoms with van der Waals surface area (Å²) < 4.78 is 0. The molecule has 14 heavy (non-hydrogen) atoms. The second-order valence-corrected chi connectivity index (χ2v) is 4.37. The van der Waals surface area contributed by atoms with Gasteiger partial charge in [-0.15, -0.1) is 0 Å². The molecule has 1 fully saturated rings. The Labute approximate surface area is 85.5 Å². The predicted octanol–water partition coefficient (Wildman–Crippen LogP) is 0.789. The Bertz CT molecular complexity index is 358. The number of nitrogens with two attached hydrogens (primary N) is 2. The normalized spacial score (nSPS) is 16.3. The summed E-state index contributed by atoms with van der Waals surface area (Å²) >= 11 is 1.22. The Hall–Kier alpha value is -1.30. The molecule has 5 N–H and O–H groups in total. The number of aromatic nitrogens is 1. The zero-order valence-electron chi connectivity index (χ0n) is 7.62. The fourth-order valence-electron chi connectivity index (χ4n) is 1.30. The second-order valence-electron chi connectivity index (χ2n) is 3.37. The molecule has 1 heterocycles. The number of amides is 1. The number of anilines is 2. The summed E-state index contributed by atoms with van der Waals surface area (Å²) in [4.78, 5) is 15.3. The highest BCUT2D eigenvalue weighted by Gasteiger charge is 2.20. The van der Waals surface area contributed by atoms with Gasteiger partial charge >= 0.3 is 0 Å². The van der Waals surface area contributed by atoms with E-state index < -0.39 is 5.91 Å². The van der Waals surface area contributed by atoms with Gasteiger partial charge in [0.15, 0.2) is 5.13 Å². The Kier molecular flexibility index (Phi) is 2.28. The van der Waals surface area contributed by atoms with Crippen LogP contribution in [-0.4, -0.2) is 16.9 Å². The maximum absolute atomic E-state index is 10.9. The predicted molar refractivity (Wildman–Crippen MR) is 56.3 cm³/mol. The molecule has 0 bridgehead atoms. The van der Waals surface area contributed by atoms with Crippen LogP contribution in [0.2, 0.25) is 0 Å². The summed E-state index contributed by atoms with van der Waals surface area (Å²) in [6.45, 7) is 0. The van der Waals surface area contributed by atoms with Gasteiger partial charge in [-0.1, -0.05) is 11.3 Å². The van der Waals surface area contributed by atoms with Gasteiger partial charge in [0, 0.05) is 6.04 Å². The first kappa shape index (κ1) is 9.26. The number of nitrogens with one attached hydrogen (secondary N) is 1. The number of hydrogen-bond acceptors (Lipinski definition) is 5. The van der Waals surface area contributed by atoms with Gasteiger partial charge in [0.05, 0.1) is 0 Å². The number of carbonyl (C=O) groups excluding carboxylic acids is 1. The Balaban J connectivity index is 2.10. The number of rotatable bonds is 3. The van der Waals surface area contributed by atoms with E-state index in [4.69, 9.17) is 11.5 Å². The third-order valence-electron chi connectivity index (χ3n) is 2.31. The lowest BCUT2D eigenvalue weighted by molar-refractivity contribution is 0.100. The highest BCUT2D eigenvalue weighted by Crippen LogP contribution is 2.28. The van der Waals surface area contributed by atoms with Crippen molar-refractivity contribution < 1.29 is 4.79 Å². The molecule has 1 aliphatic carbocycles. The van der Waals surface area contributed by atoms with E-state index in [1.807, 2.05) is 0 Å². The summed E-state index contributed by atoms with van der Waals surface area (Å²) in [6, 6.07) is 0.487. The molecule has 1 aromatic rings. The number of hydrogen-bond donors (Lipinski definition) is 3. The molecule has 5 nitrogen and oxygen atoms in total. The molecule has 0 aromatic carbocycles. The summed E-state index contributed by atoms with van der Waals surface area (Å²) in [5.41, 5.74) is 10.7. The number of carbonyl (C=O) groups is 1. The Morgan fingerprint density at radius 3 is 2.71 bits per heavy atom. The van der Waals surface area contributed by atoms with Crippen LogP contribution in [0.1, 0.15) is 28.9 Å². The first-order valence-corrected chi connectivity index (χ1v) is 5.31. The molecule has 0 saturated heterocycles. The molecule has 1 amide bonds. The quantitative estimate of drug-likeness (QED) is 0.690. The third kappa shape index (κ3) is 1.65. The zero-order valence-corrected chi connectivity index (χ0v) is 8.43. The van der Waals surface area contributed by atoms with Gasteiger partial charge < -0.3 is 16.8 Å². The third-order valence-corrected chi connectivity index (χ3v) is 3.33. The fraction of sp³-hybridized carbons (Fsp3) is 0.500. The van der Waals surface area contributed by atoms with Crippen LogP contribution in [0.15, 0.2) is 0 Å². The lowest BCUT2D eigenvalue weighted by atomic mass is 9.93. The molecule has 1 saturated carbocycles. The minimum atomic E-state index is -0.512. The van der Waals surface area contributed by atoms with Gasteiger partial charge in [0.2, 0.25) is 0 Å². The monoisotopic (exact) mass is 212 g/mol. The summed E-state index contributed by atoms with van der Waals surface area (Å²) in [7, 11) is 0. The van der Waals surface area contributed by atoms with Gasteiger partial charge in [0.25, 0.3) is 5.91 Å². The van der Waals surface area contributed by atoms with Gasteiger partial charge in [0.1, 0.15) is 10.7 Å². The van der Waals surface area contributed by atoms with E-state index in [0.29, 0.717) is 16.1 Å². The molecule has 6 heteroatoms. The van der Waals surface area contributed by atoms with Gasteiger partial charge in [-0.25, -0.2) is 4.98 Å². The van der Waals surface area contributed by atoms with Gasteiger partial charge in [-0.05, 0) is 19.3 Å². The first-order valence-electron chi connectivity index (χ1n) is 4.49. The van der Waals surface area contributed by atoms with Crippen LogP contribution in [0.25, 0.3) is 0 Å². The van der Waals surface area contributed by atoms with Crippen LogP contribution in [0.5, 0.6) is 0 Å². The minimum absolute atomic E-state index is 0.226. The van der Waals surface area contributed by atoms with Crippen LogP contribution in [0, 0.1) is 0 Å². The smallest absolute Gasteiger partial charge is 0.262 e. The van der Waals surface area contributed by atoms with Crippen LogP contribution in [-0.2, 0) is 0 Å². The van der Waals surface area contributed by atoms with Crippen molar-refractivity contribution in [2.45, 2.75) is 25.3 Å². The molecule has 0 atom stereocenters. The van der Waals surface area contributed by atoms with Crippen LogP contribution in [0.4, 0.5) is 10.9 Å². The van der Waals surface area contributed by atoms with Crippen LogP contribution >= 0.6 is 11.3 Å². The van der Waals surface area contributed by atoms with E-state index in [0.717, 1.165) is 12.8 Å². The molecule has 0 spiro atoms. The van der Waals surface area contributed by atoms with Crippen molar-refractivity contribution in [2.24, 2.45) is 5.73 Å². The number of nitrogens with zero attached hydrogens (tertiary/aromatic N) is 1. The Morgan fingerprint density at radius 1 is 1.57 bits per heavy atom. The molecule has 2 rings (SSSR count). The maximum Gasteiger partial charge on any atom is 0.262 e.